The number of benzene rings is 3. The van der Waals surface area contributed by atoms with Crippen molar-refractivity contribution >= 4 is 27.5 Å². The predicted octanol–water partition coefficient (Wildman–Crippen LogP) is 3.85. The van der Waals surface area contributed by atoms with Crippen molar-refractivity contribution in [3.8, 4) is 0 Å². The van der Waals surface area contributed by atoms with E-state index >= 15 is 0 Å². The minimum absolute atomic E-state index is 0.0975. The van der Waals surface area contributed by atoms with Gasteiger partial charge in [0.2, 0.25) is 5.91 Å². The van der Waals surface area contributed by atoms with Gasteiger partial charge in [0.25, 0.3) is 5.56 Å². The summed E-state index contributed by atoms with van der Waals surface area (Å²) >= 11 is 0. The quantitative estimate of drug-likeness (QED) is 0.440. The van der Waals surface area contributed by atoms with Gasteiger partial charge >= 0.3 is 0 Å². The van der Waals surface area contributed by atoms with E-state index in [4.69, 9.17) is 0 Å². The molecule has 5 rings (SSSR count). The molecule has 0 aliphatic heterocycles. The number of nitrogens with one attached hydrogen (secondary N) is 1. The molecule has 0 fully saturated rings. The van der Waals surface area contributed by atoms with Crippen LogP contribution in [-0.2, 0) is 24.3 Å². The number of nitrogens with zero attached hydrogens (tertiary/aromatic N) is 3. The number of amides is 1. The molecule has 3 aromatic carbocycles. The molecule has 0 bridgehead atoms. The lowest BCUT2D eigenvalue weighted by molar-refractivity contribution is -0.120. The van der Waals surface area contributed by atoms with E-state index in [1.807, 2.05) is 78.9 Å². The van der Waals surface area contributed by atoms with Crippen LogP contribution in [0.25, 0.3) is 21.5 Å². The number of aromatic nitrogens is 3. The maximum Gasteiger partial charge on any atom is 0.275 e. The maximum absolute atomic E-state index is 13.0. The van der Waals surface area contributed by atoms with Gasteiger partial charge in [-0.3, -0.25) is 14.6 Å². The molecule has 162 valence electrons. The molecular weight excluding hydrogens is 412 g/mol. The summed E-state index contributed by atoms with van der Waals surface area (Å²) in [5, 5.41) is 11.0. The number of hydrogen-bond acceptors (Lipinski definition) is 4. The van der Waals surface area contributed by atoms with Crippen LogP contribution in [-0.4, -0.2) is 20.7 Å². The number of rotatable bonds is 6. The lowest BCUT2D eigenvalue weighted by Gasteiger charge is -2.12. The Morgan fingerprint density at radius 1 is 0.818 bits per heavy atom. The lowest BCUT2D eigenvalue weighted by atomic mass is 10.0. The van der Waals surface area contributed by atoms with E-state index in [1.54, 1.807) is 12.3 Å². The fourth-order valence-electron chi connectivity index (χ4n) is 4.05. The largest absolute Gasteiger partial charge is 0.350 e. The molecule has 2 heterocycles. The zero-order valence-electron chi connectivity index (χ0n) is 17.9. The summed E-state index contributed by atoms with van der Waals surface area (Å²) in [4.78, 5) is 30.1. The van der Waals surface area contributed by atoms with Crippen molar-refractivity contribution in [3.63, 3.8) is 0 Å². The molecule has 0 aliphatic carbocycles. The Morgan fingerprint density at radius 2 is 1.55 bits per heavy atom. The van der Waals surface area contributed by atoms with Crippen LogP contribution in [0.5, 0.6) is 0 Å². The summed E-state index contributed by atoms with van der Waals surface area (Å²) in [7, 11) is 0. The third-order valence-corrected chi connectivity index (χ3v) is 5.67. The van der Waals surface area contributed by atoms with Gasteiger partial charge in [0.15, 0.2) is 0 Å². The molecule has 0 radical (unpaired) electrons. The second kappa shape index (κ2) is 9.04. The fraction of sp³-hybridized carbons (Fsp3) is 0.111. The first-order valence-corrected chi connectivity index (χ1v) is 10.8. The van der Waals surface area contributed by atoms with Gasteiger partial charge in [-0.2, -0.15) is 5.10 Å². The number of carbonyl (C=O) groups is 1. The standard InChI is InChI=1S/C27H22N4O2/c32-26(16-20-10-7-9-19-8-1-2-12-22(19)20)29-17-25-23-13-3-4-14-24(23)27(33)31(30-25)18-21-11-5-6-15-28-21/h1-15H,16-18H2,(H,29,32). The van der Waals surface area contributed by atoms with Gasteiger partial charge in [0.05, 0.1) is 36.3 Å². The van der Waals surface area contributed by atoms with Crippen molar-refractivity contribution < 1.29 is 4.79 Å². The van der Waals surface area contributed by atoms with E-state index in [0.29, 0.717) is 11.1 Å². The predicted molar refractivity (Wildman–Crippen MR) is 129 cm³/mol. The van der Waals surface area contributed by atoms with E-state index in [-0.39, 0.29) is 31.0 Å². The Morgan fingerprint density at radius 3 is 2.36 bits per heavy atom. The number of fused-ring (bicyclic) bond motifs is 2. The zero-order chi connectivity index (χ0) is 22.6. The molecule has 2 aromatic heterocycles. The summed E-state index contributed by atoms with van der Waals surface area (Å²) in [6.07, 6.45) is 1.96. The molecule has 1 N–H and O–H groups in total. The van der Waals surface area contributed by atoms with E-state index in [9.17, 15) is 9.59 Å². The topological polar surface area (TPSA) is 76.9 Å². The van der Waals surface area contributed by atoms with Crippen molar-refractivity contribution in [1.82, 2.24) is 20.1 Å². The summed E-state index contributed by atoms with van der Waals surface area (Å²) in [5.41, 5.74) is 2.19. The van der Waals surface area contributed by atoms with E-state index in [0.717, 1.165) is 27.4 Å². The van der Waals surface area contributed by atoms with Gasteiger partial charge in [-0.05, 0) is 34.5 Å². The average molecular weight is 434 g/mol. The van der Waals surface area contributed by atoms with Crippen LogP contribution in [0, 0.1) is 0 Å². The average Bonchev–Trinajstić information content (AvgIpc) is 2.86. The molecule has 5 aromatic rings. The highest BCUT2D eigenvalue weighted by Gasteiger charge is 2.13. The van der Waals surface area contributed by atoms with E-state index in [2.05, 4.69) is 15.4 Å². The highest BCUT2D eigenvalue weighted by Crippen LogP contribution is 2.19. The lowest BCUT2D eigenvalue weighted by Crippen LogP contribution is -2.29. The molecule has 0 saturated carbocycles. The Kier molecular flexibility index (Phi) is 5.64. The minimum atomic E-state index is -0.179. The molecule has 6 nitrogen and oxygen atoms in total. The Labute approximate surface area is 190 Å². The van der Waals surface area contributed by atoms with Crippen molar-refractivity contribution in [3.05, 3.63) is 118 Å². The number of carbonyl (C=O) groups excluding carboxylic acids is 1. The van der Waals surface area contributed by atoms with E-state index in [1.165, 1.54) is 4.68 Å². The summed E-state index contributed by atoms with van der Waals surface area (Å²) in [6.45, 7) is 0.494. The van der Waals surface area contributed by atoms with Crippen molar-refractivity contribution in [2.24, 2.45) is 0 Å². The first-order valence-electron chi connectivity index (χ1n) is 10.8. The molecule has 0 spiro atoms. The highest BCUT2D eigenvalue weighted by molar-refractivity contribution is 5.90. The van der Waals surface area contributed by atoms with E-state index < -0.39 is 0 Å². The second-order valence-corrected chi connectivity index (χ2v) is 7.87. The summed E-state index contributed by atoms with van der Waals surface area (Å²) < 4.78 is 1.41. The Bertz CT molecular complexity index is 1500. The van der Waals surface area contributed by atoms with Crippen molar-refractivity contribution in [2.75, 3.05) is 0 Å². The normalized spacial score (nSPS) is 11.0. The van der Waals surface area contributed by atoms with Gasteiger partial charge in [0, 0.05) is 11.6 Å². The molecule has 33 heavy (non-hydrogen) atoms. The van der Waals surface area contributed by atoms with Crippen molar-refractivity contribution in [1.29, 1.82) is 0 Å². The minimum Gasteiger partial charge on any atom is -0.350 e. The number of hydrogen-bond donors (Lipinski definition) is 1. The van der Waals surface area contributed by atoms with Crippen LogP contribution in [0.4, 0.5) is 0 Å². The molecule has 0 atom stereocenters. The maximum atomic E-state index is 13.0. The van der Waals surface area contributed by atoms with Crippen LogP contribution in [0.2, 0.25) is 0 Å². The Balaban J connectivity index is 1.40. The van der Waals surface area contributed by atoms with Crippen LogP contribution >= 0.6 is 0 Å². The SMILES string of the molecule is O=C(Cc1cccc2ccccc12)NCc1nn(Cc2ccccn2)c(=O)c2ccccc12. The smallest absolute Gasteiger partial charge is 0.275 e. The monoisotopic (exact) mass is 434 g/mol. The van der Waals surface area contributed by atoms with Gasteiger partial charge in [0.1, 0.15) is 0 Å². The molecular formula is C27H22N4O2. The first kappa shape index (κ1) is 20.6. The van der Waals surface area contributed by atoms with Gasteiger partial charge < -0.3 is 5.32 Å². The first-order chi connectivity index (χ1) is 16.2. The molecule has 1 amide bonds. The van der Waals surface area contributed by atoms with Crippen LogP contribution in [0.1, 0.15) is 17.0 Å². The van der Waals surface area contributed by atoms with Crippen LogP contribution in [0.15, 0.2) is 95.9 Å². The van der Waals surface area contributed by atoms with Crippen LogP contribution < -0.4 is 10.9 Å². The van der Waals surface area contributed by atoms with Crippen LogP contribution in [0.3, 0.4) is 0 Å². The third kappa shape index (κ3) is 4.36. The summed E-state index contributed by atoms with van der Waals surface area (Å²) in [6, 6.07) is 26.9. The van der Waals surface area contributed by atoms with Gasteiger partial charge in [-0.25, -0.2) is 4.68 Å². The second-order valence-electron chi connectivity index (χ2n) is 7.87. The van der Waals surface area contributed by atoms with Gasteiger partial charge in [-0.1, -0.05) is 66.7 Å². The summed E-state index contributed by atoms with van der Waals surface area (Å²) in [5.74, 6) is -0.0975. The Hall–Kier alpha value is -4.32. The molecule has 0 saturated heterocycles. The zero-order valence-corrected chi connectivity index (χ0v) is 17.9. The van der Waals surface area contributed by atoms with Crippen molar-refractivity contribution in [2.45, 2.75) is 19.5 Å². The highest BCUT2D eigenvalue weighted by atomic mass is 16.1. The third-order valence-electron chi connectivity index (χ3n) is 5.67. The number of pyridine rings is 1. The van der Waals surface area contributed by atoms with Gasteiger partial charge in [-0.15, -0.1) is 0 Å². The molecule has 0 aliphatic rings. The molecule has 0 unspecified atom stereocenters. The molecule has 6 heteroatoms. The fourth-order valence-corrected chi connectivity index (χ4v) is 4.05.